The Labute approximate surface area is 212 Å². The van der Waals surface area contributed by atoms with Crippen molar-refractivity contribution in [2.24, 2.45) is 4.99 Å². The first-order chi connectivity index (χ1) is 17.4. The standard InChI is InChI=1S/C25H32N5O5P/c1-17(2)30(18(3)4)36(32-14-8-12-26)33-16-21-20-15-23(34-21)29-13-11-22(28-25(29)35-20)27-24(31)19-9-6-5-7-10-19/h5-7,9-11,13,17-18,20-21,23H,8,14-16H2,1-4H3/t20-,21+,23+,36?/m0/s1. The molecular weight excluding hydrogens is 481 g/mol. The number of hydrogen-bond acceptors (Lipinski definition) is 8. The Bertz CT molecular complexity index is 1140. The molecule has 11 heteroatoms. The zero-order chi connectivity index (χ0) is 25.7. The highest BCUT2D eigenvalue weighted by atomic mass is 31.2. The molecule has 3 heterocycles. The number of fused-ring (bicyclic) bond motifs is 4. The first-order valence-corrected chi connectivity index (χ1v) is 13.3. The fourth-order valence-electron chi connectivity index (χ4n) is 4.25. The van der Waals surface area contributed by atoms with Crippen molar-refractivity contribution in [3.8, 4) is 12.1 Å². The van der Waals surface area contributed by atoms with E-state index in [2.05, 4.69) is 48.4 Å². The van der Waals surface area contributed by atoms with E-state index in [0.717, 1.165) is 0 Å². The third-order valence-corrected chi connectivity index (χ3v) is 7.89. The summed E-state index contributed by atoms with van der Waals surface area (Å²) in [7, 11) is -1.37. The Balaban J connectivity index is 1.44. The summed E-state index contributed by atoms with van der Waals surface area (Å²) in [5.41, 5.74) is 0.777. The molecule has 0 aliphatic carbocycles. The quantitative estimate of drug-likeness (QED) is 0.347. The highest BCUT2D eigenvalue weighted by molar-refractivity contribution is 7.44. The van der Waals surface area contributed by atoms with Gasteiger partial charge in [-0.3, -0.25) is 9.36 Å². The number of aromatic nitrogens is 2. The SMILES string of the molecule is CC(C)N(C(C)C)P(OCCC#N)OC[C@H]1O[C@@H]2C[C@@H]1Oc1nc(=NC(=O)c3ccccc3)ccn12. The molecule has 1 unspecified atom stereocenters. The van der Waals surface area contributed by atoms with Crippen LogP contribution in [-0.4, -0.2) is 57.6 Å². The molecule has 36 heavy (non-hydrogen) atoms. The molecule has 1 aromatic carbocycles. The minimum Gasteiger partial charge on any atom is -0.458 e. The molecule has 192 valence electrons. The first kappa shape index (κ1) is 26.4. The number of carbonyl (C=O) groups excluding carboxylic acids is 1. The smallest absolute Gasteiger partial charge is 0.300 e. The minimum absolute atomic E-state index is 0.211. The van der Waals surface area contributed by atoms with Gasteiger partial charge in [0.05, 0.1) is 25.7 Å². The lowest BCUT2D eigenvalue weighted by atomic mass is 10.2. The Kier molecular flexibility index (Phi) is 8.83. The summed E-state index contributed by atoms with van der Waals surface area (Å²) in [5, 5.41) is 8.91. The molecule has 0 spiro atoms. The van der Waals surface area contributed by atoms with E-state index in [0.29, 0.717) is 31.0 Å². The molecule has 0 radical (unpaired) electrons. The van der Waals surface area contributed by atoms with Crippen LogP contribution in [0.5, 0.6) is 6.01 Å². The molecule has 1 saturated heterocycles. The van der Waals surface area contributed by atoms with E-state index in [1.54, 1.807) is 36.5 Å². The predicted octanol–water partition coefficient (Wildman–Crippen LogP) is 3.97. The van der Waals surface area contributed by atoms with Gasteiger partial charge < -0.3 is 18.5 Å². The van der Waals surface area contributed by atoms with Crippen molar-refractivity contribution in [3.05, 3.63) is 53.6 Å². The molecule has 2 aromatic rings. The second-order valence-corrected chi connectivity index (χ2v) is 10.6. The van der Waals surface area contributed by atoms with Gasteiger partial charge in [-0.2, -0.15) is 15.2 Å². The van der Waals surface area contributed by atoms with Gasteiger partial charge in [-0.05, 0) is 45.9 Å². The van der Waals surface area contributed by atoms with E-state index in [1.165, 1.54) is 0 Å². The van der Waals surface area contributed by atoms with E-state index >= 15 is 0 Å². The second-order valence-electron chi connectivity index (χ2n) is 9.12. The average molecular weight is 514 g/mol. The Morgan fingerprint density at radius 2 is 2.00 bits per heavy atom. The molecular formula is C25H32N5O5P. The summed E-state index contributed by atoms with van der Waals surface area (Å²) in [5.74, 6) is -0.362. The third-order valence-electron chi connectivity index (χ3n) is 5.81. The van der Waals surface area contributed by atoms with Crippen LogP contribution in [-0.2, 0) is 13.8 Å². The van der Waals surface area contributed by atoms with Crippen molar-refractivity contribution < 1.29 is 23.3 Å². The molecule has 2 aliphatic rings. The van der Waals surface area contributed by atoms with Crippen molar-refractivity contribution in [1.29, 1.82) is 5.26 Å². The van der Waals surface area contributed by atoms with E-state index in [9.17, 15) is 4.79 Å². The molecule has 2 aliphatic heterocycles. The summed E-state index contributed by atoms with van der Waals surface area (Å²) >= 11 is 0. The second kappa shape index (κ2) is 12.0. The van der Waals surface area contributed by atoms with Crippen LogP contribution >= 0.6 is 8.53 Å². The highest BCUT2D eigenvalue weighted by Crippen LogP contribution is 2.47. The fourth-order valence-corrected chi connectivity index (χ4v) is 5.87. The van der Waals surface area contributed by atoms with Gasteiger partial charge in [0.2, 0.25) is 0 Å². The number of carbonyl (C=O) groups is 1. The number of ether oxygens (including phenoxy) is 2. The van der Waals surface area contributed by atoms with E-state index in [-0.39, 0.29) is 48.5 Å². The van der Waals surface area contributed by atoms with Gasteiger partial charge in [-0.1, -0.05) is 18.2 Å². The van der Waals surface area contributed by atoms with Crippen molar-refractivity contribution in [2.45, 2.75) is 71.1 Å². The first-order valence-electron chi connectivity index (χ1n) is 12.1. The molecule has 10 nitrogen and oxygen atoms in total. The van der Waals surface area contributed by atoms with Crippen LogP contribution in [0.2, 0.25) is 0 Å². The maximum absolute atomic E-state index is 12.4. The predicted molar refractivity (Wildman–Crippen MR) is 133 cm³/mol. The van der Waals surface area contributed by atoms with Crippen molar-refractivity contribution in [3.63, 3.8) is 0 Å². The molecule has 2 bridgehead atoms. The van der Waals surface area contributed by atoms with Crippen molar-refractivity contribution in [1.82, 2.24) is 14.2 Å². The number of hydrogen-bond donors (Lipinski definition) is 0. The van der Waals surface area contributed by atoms with E-state index in [4.69, 9.17) is 23.8 Å². The van der Waals surface area contributed by atoms with Crippen molar-refractivity contribution >= 4 is 14.4 Å². The number of rotatable bonds is 10. The third kappa shape index (κ3) is 6.17. The minimum atomic E-state index is -1.37. The average Bonchev–Trinajstić information content (AvgIpc) is 3.18. The monoisotopic (exact) mass is 513 g/mol. The number of nitrogens with zero attached hydrogens (tertiary/aromatic N) is 5. The number of benzene rings is 1. The van der Waals surface area contributed by atoms with Crippen LogP contribution in [0.15, 0.2) is 47.6 Å². The van der Waals surface area contributed by atoms with Crippen LogP contribution in [0, 0.1) is 11.3 Å². The summed E-state index contributed by atoms with van der Waals surface area (Å²) < 4.78 is 28.6. The maximum atomic E-state index is 12.4. The maximum Gasteiger partial charge on any atom is 0.300 e. The number of amides is 1. The van der Waals surface area contributed by atoms with Gasteiger partial charge in [0.25, 0.3) is 14.4 Å². The lowest BCUT2D eigenvalue weighted by molar-refractivity contribution is -0.0224. The van der Waals surface area contributed by atoms with Gasteiger partial charge in [-0.15, -0.1) is 0 Å². The zero-order valence-electron chi connectivity index (χ0n) is 21.0. The largest absolute Gasteiger partial charge is 0.458 e. The van der Waals surface area contributed by atoms with E-state index in [1.807, 2.05) is 10.6 Å². The lowest BCUT2D eigenvalue weighted by Crippen LogP contribution is -2.36. The summed E-state index contributed by atoms with van der Waals surface area (Å²) in [6.45, 7) is 8.98. The molecule has 0 saturated carbocycles. The zero-order valence-corrected chi connectivity index (χ0v) is 21.9. The van der Waals surface area contributed by atoms with Crippen molar-refractivity contribution in [2.75, 3.05) is 13.2 Å². The van der Waals surface area contributed by atoms with Gasteiger partial charge in [0.15, 0.2) is 5.49 Å². The van der Waals surface area contributed by atoms with Gasteiger partial charge >= 0.3 is 6.01 Å². The molecule has 4 rings (SSSR count). The fraction of sp³-hybridized carbons (Fsp3) is 0.520. The molecule has 0 N–H and O–H groups in total. The molecule has 1 fully saturated rings. The Hall–Kier alpha value is -2.67. The van der Waals surface area contributed by atoms with Crippen LogP contribution in [0.4, 0.5) is 0 Å². The molecule has 4 atom stereocenters. The molecule has 1 amide bonds. The Morgan fingerprint density at radius 3 is 2.69 bits per heavy atom. The summed E-state index contributed by atoms with van der Waals surface area (Å²) in [6.07, 6.45) is 1.95. The Morgan fingerprint density at radius 1 is 1.25 bits per heavy atom. The summed E-state index contributed by atoms with van der Waals surface area (Å²) in [6, 6.07) is 13.4. The van der Waals surface area contributed by atoms with E-state index < -0.39 is 8.53 Å². The van der Waals surface area contributed by atoms with Gasteiger partial charge in [-0.25, -0.2) is 4.67 Å². The normalized spacial score (nSPS) is 21.9. The van der Waals surface area contributed by atoms with Crippen LogP contribution in [0.25, 0.3) is 0 Å². The topological polar surface area (TPSA) is 111 Å². The lowest BCUT2D eigenvalue weighted by Gasteiger charge is -2.36. The number of nitriles is 1. The highest BCUT2D eigenvalue weighted by Gasteiger charge is 2.44. The van der Waals surface area contributed by atoms with Crippen LogP contribution in [0.1, 0.15) is 57.1 Å². The van der Waals surface area contributed by atoms with Gasteiger partial charge in [0, 0.05) is 30.3 Å². The van der Waals surface area contributed by atoms with Crippen LogP contribution in [0.3, 0.4) is 0 Å². The molecule has 1 aromatic heterocycles. The van der Waals surface area contributed by atoms with Gasteiger partial charge in [0.1, 0.15) is 18.4 Å². The summed E-state index contributed by atoms with van der Waals surface area (Å²) in [4.78, 5) is 21.0. The van der Waals surface area contributed by atoms with Crippen LogP contribution < -0.4 is 10.2 Å².